The molecule has 1 spiro atoms. The van der Waals surface area contributed by atoms with Crippen LogP contribution in [0.4, 0.5) is 0 Å². The van der Waals surface area contributed by atoms with Crippen molar-refractivity contribution in [2.45, 2.75) is 38.4 Å². The van der Waals surface area contributed by atoms with Gasteiger partial charge in [0.15, 0.2) is 0 Å². The fourth-order valence-electron chi connectivity index (χ4n) is 2.44. The van der Waals surface area contributed by atoms with Crippen molar-refractivity contribution >= 4 is 0 Å². The summed E-state index contributed by atoms with van der Waals surface area (Å²) in [5.41, 5.74) is 0.346. The molecule has 2 atom stereocenters. The van der Waals surface area contributed by atoms with E-state index in [0.29, 0.717) is 11.3 Å². The summed E-state index contributed by atoms with van der Waals surface area (Å²) < 4.78 is 0. The van der Waals surface area contributed by atoms with Crippen LogP contribution in [-0.2, 0) is 0 Å². The van der Waals surface area contributed by atoms with E-state index in [2.05, 4.69) is 6.92 Å². The summed E-state index contributed by atoms with van der Waals surface area (Å²) in [7, 11) is 0. The van der Waals surface area contributed by atoms with Gasteiger partial charge in [-0.05, 0) is 30.6 Å². The van der Waals surface area contributed by atoms with Crippen molar-refractivity contribution in [1.29, 1.82) is 0 Å². The first-order valence-electron chi connectivity index (χ1n) is 4.00. The van der Waals surface area contributed by atoms with Gasteiger partial charge in [0.2, 0.25) is 0 Å². The predicted octanol–water partition coefficient (Wildman–Crippen LogP) is 0.528. The molecule has 2 heteroatoms. The van der Waals surface area contributed by atoms with Gasteiger partial charge in [0.1, 0.15) is 0 Å². The van der Waals surface area contributed by atoms with E-state index in [1.165, 1.54) is 0 Å². The molecule has 0 amide bonds. The Morgan fingerprint density at radius 2 is 1.80 bits per heavy atom. The third-order valence-corrected chi connectivity index (χ3v) is 3.44. The van der Waals surface area contributed by atoms with Crippen LogP contribution in [0.15, 0.2) is 0 Å². The van der Waals surface area contributed by atoms with Crippen molar-refractivity contribution in [2.24, 2.45) is 11.3 Å². The van der Waals surface area contributed by atoms with Gasteiger partial charge in [-0.15, -0.1) is 0 Å². The van der Waals surface area contributed by atoms with Gasteiger partial charge in [0, 0.05) is 0 Å². The van der Waals surface area contributed by atoms with Crippen molar-refractivity contribution in [3.63, 3.8) is 0 Å². The quantitative estimate of drug-likeness (QED) is 0.518. The van der Waals surface area contributed by atoms with Gasteiger partial charge in [-0.3, -0.25) is 0 Å². The minimum Gasteiger partial charge on any atom is -0.393 e. The summed E-state index contributed by atoms with van der Waals surface area (Å²) in [5, 5.41) is 18.3. The summed E-state index contributed by atoms with van der Waals surface area (Å²) in [6.45, 7) is 2.08. The lowest BCUT2D eigenvalue weighted by molar-refractivity contribution is -0.187. The van der Waals surface area contributed by atoms with Crippen LogP contribution >= 0.6 is 0 Å². The van der Waals surface area contributed by atoms with Crippen LogP contribution in [0.5, 0.6) is 0 Å². The summed E-state index contributed by atoms with van der Waals surface area (Å²) in [5.74, 6) is 0.427. The average molecular weight is 142 g/mol. The van der Waals surface area contributed by atoms with E-state index in [1.807, 2.05) is 0 Å². The molecule has 2 saturated carbocycles. The Morgan fingerprint density at radius 3 is 2.10 bits per heavy atom. The largest absolute Gasteiger partial charge is 0.393 e. The van der Waals surface area contributed by atoms with Crippen LogP contribution in [0.2, 0.25) is 0 Å². The standard InChI is InChI=1S/C8H14O2/c1-5-7(10)4-8(5)2-6(9)3-8/h5-7,9-10H,2-4H2,1H3. The van der Waals surface area contributed by atoms with E-state index in [9.17, 15) is 5.11 Å². The van der Waals surface area contributed by atoms with Crippen molar-refractivity contribution in [2.75, 3.05) is 0 Å². The number of hydrogen-bond donors (Lipinski definition) is 2. The Morgan fingerprint density at radius 1 is 1.20 bits per heavy atom. The molecule has 2 aliphatic carbocycles. The molecule has 0 bridgehead atoms. The summed E-state index contributed by atoms with van der Waals surface area (Å²) in [6, 6.07) is 0. The zero-order valence-electron chi connectivity index (χ0n) is 6.25. The monoisotopic (exact) mass is 142 g/mol. The molecule has 2 rings (SSSR count). The zero-order chi connectivity index (χ0) is 7.35. The molecule has 10 heavy (non-hydrogen) atoms. The Hall–Kier alpha value is -0.0800. The molecular weight excluding hydrogens is 128 g/mol. The molecule has 0 heterocycles. The van der Waals surface area contributed by atoms with E-state index in [0.717, 1.165) is 19.3 Å². The molecule has 0 saturated heterocycles. The van der Waals surface area contributed by atoms with Crippen LogP contribution < -0.4 is 0 Å². The highest BCUT2D eigenvalue weighted by molar-refractivity contribution is 5.07. The van der Waals surface area contributed by atoms with Gasteiger partial charge >= 0.3 is 0 Å². The molecule has 2 fully saturated rings. The van der Waals surface area contributed by atoms with E-state index in [1.54, 1.807) is 0 Å². The van der Waals surface area contributed by atoms with Crippen LogP contribution in [0, 0.1) is 11.3 Å². The summed E-state index contributed by atoms with van der Waals surface area (Å²) >= 11 is 0. The van der Waals surface area contributed by atoms with Gasteiger partial charge in [0.05, 0.1) is 12.2 Å². The van der Waals surface area contributed by atoms with Crippen LogP contribution in [0.1, 0.15) is 26.2 Å². The van der Waals surface area contributed by atoms with Crippen molar-refractivity contribution in [3.05, 3.63) is 0 Å². The first-order valence-corrected chi connectivity index (χ1v) is 4.00. The number of rotatable bonds is 0. The lowest BCUT2D eigenvalue weighted by atomic mass is 9.48. The Labute approximate surface area is 60.9 Å². The van der Waals surface area contributed by atoms with Crippen LogP contribution in [0.25, 0.3) is 0 Å². The normalized spacial score (nSPS) is 59.7. The molecule has 0 aromatic carbocycles. The molecule has 2 unspecified atom stereocenters. The lowest BCUT2D eigenvalue weighted by Gasteiger charge is -2.59. The second-order valence-corrected chi connectivity index (χ2v) is 3.98. The van der Waals surface area contributed by atoms with Crippen LogP contribution in [-0.4, -0.2) is 22.4 Å². The molecule has 2 N–H and O–H groups in total. The first-order chi connectivity index (χ1) is 4.64. The molecule has 0 aromatic heterocycles. The minimum absolute atomic E-state index is 0.0741. The van der Waals surface area contributed by atoms with Crippen LogP contribution in [0.3, 0.4) is 0 Å². The van der Waals surface area contributed by atoms with Crippen molar-refractivity contribution < 1.29 is 10.2 Å². The number of hydrogen-bond acceptors (Lipinski definition) is 2. The second-order valence-electron chi connectivity index (χ2n) is 3.98. The van der Waals surface area contributed by atoms with Gasteiger partial charge in [-0.1, -0.05) is 6.92 Å². The maximum atomic E-state index is 9.22. The summed E-state index contributed by atoms with van der Waals surface area (Å²) in [4.78, 5) is 0. The Balaban J connectivity index is 1.97. The molecule has 2 aliphatic rings. The SMILES string of the molecule is CC1C(O)CC12CC(O)C2. The lowest BCUT2D eigenvalue weighted by Crippen LogP contribution is -2.58. The molecule has 0 radical (unpaired) electrons. The molecule has 0 aliphatic heterocycles. The van der Waals surface area contributed by atoms with Crippen molar-refractivity contribution in [3.8, 4) is 0 Å². The Bertz CT molecular complexity index is 144. The second kappa shape index (κ2) is 1.74. The third-order valence-electron chi connectivity index (χ3n) is 3.44. The van der Waals surface area contributed by atoms with Gasteiger partial charge in [-0.25, -0.2) is 0 Å². The molecule has 58 valence electrons. The fraction of sp³-hybridized carbons (Fsp3) is 1.00. The molecular formula is C8H14O2. The zero-order valence-corrected chi connectivity index (χ0v) is 6.25. The molecule has 0 aromatic rings. The number of aliphatic hydroxyl groups is 2. The maximum Gasteiger partial charge on any atom is 0.0576 e. The topological polar surface area (TPSA) is 40.5 Å². The smallest absolute Gasteiger partial charge is 0.0576 e. The Kier molecular flexibility index (Phi) is 1.15. The molecule has 2 nitrogen and oxygen atoms in total. The van der Waals surface area contributed by atoms with Gasteiger partial charge in [-0.2, -0.15) is 0 Å². The average Bonchev–Trinajstić information content (AvgIpc) is 1.84. The minimum atomic E-state index is -0.0903. The maximum absolute atomic E-state index is 9.22. The fourth-order valence-corrected chi connectivity index (χ4v) is 2.44. The van der Waals surface area contributed by atoms with E-state index < -0.39 is 0 Å². The predicted molar refractivity (Wildman–Crippen MR) is 37.5 cm³/mol. The van der Waals surface area contributed by atoms with Crippen molar-refractivity contribution in [1.82, 2.24) is 0 Å². The van der Waals surface area contributed by atoms with Gasteiger partial charge in [0.25, 0.3) is 0 Å². The highest BCUT2D eigenvalue weighted by Crippen LogP contribution is 2.59. The van der Waals surface area contributed by atoms with Gasteiger partial charge < -0.3 is 10.2 Å². The highest BCUT2D eigenvalue weighted by atomic mass is 16.3. The summed E-state index contributed by atoms with van der Waals surface area (Å²) in [6.07, 6.45) is 2.60. The van der Waals surface area contributed by atoms with E-state index in [4.69, 9.17) is 5.11 Å². The van der Waals surface area contributed by atoms with E-state index >= 15 is 0 Å². The highest BCUT2D eigenvalue weighted by Gasteiger charge is 2.57. The first kappa shape index (κ1) is 6.62. The third kappa shape index (κ3) is 0.611. The number of aliphatic hydroxyl groups excluding tert-OH is 2. The van der Waals surface area contributed by atoms with E-state index in [-0.39, 0.29) is 12.2 Å².